The predicted molar refractivity (Wildman–Crippen MR) is 104 cm³/mol. The number of nitrogens with zero attached hydrogens (tertiary/aromatic N) is 3. The standard InChI is InChI=1S/C18H17N5O4S/c1-26-12-6-5-10(8-13(12)27-2)19-17(25)11-9-15(24)20-18-22-21-16(23(11)18)14-4-3-7-28-14/h3-8,11H,9H2,1-2H3,(H,19,25)(H,20,22,24)/t11-/m1/s1. The molecular formula is C18H17N5O4S. The van der Waals surface area contributed by atoms with Crippen molar-refractivity contribution >= 4 is 34.8 Å². The van der Waals surface area contributed by atoms with E-state index in [9.17, 15) is 9.59 Å². The summed E-state index contributed by atoms with van der Waals surface area (Å²) in [7, 11) is 3.06. The van der Waals surface area contributed by atoms with Gasteiger partial charge in [-0.3, -0.25) is 19.5 Å². The molecule has 0 unspecified atom stereocenters. The zero-order valence-electron chi connectivity index (χ0n) is 15.1. The van der Waals surface area contributed by atoms with Crippen molar-refractivity contribution in [2.75, 3.05) is 24.9 Å². The minimum absolute atomic E-state index is 0.0114. The molecule has 144 valence electrons. The first-order chi connectivity index (χ1) is 13.6. The lowest BCUT2D eigenvalue weighted by molar-refractivity contribution is -0.125. The number of carbonyl (C=O) groups is 2. The first-order valence-corrected chi connectivity index (χ1v) is 9.30. The molecule has 2 N–H and O–H groups in total. The van der Waals surface area contributed by atoms with E-state index in [-0.39, 0.29) is 24.2 Å². The molecule has 1 aliphatic rings. The second kappa shape index (κ2) is 7.31. The van der Waals surface area contributed by atoms with Crippen LogP contribution in [0, 0.1) is 0 Å². The lowest BCUT2D eigenvalue weighted by atomic mass is 10.1. The van der Waals surface area contributed by atoms with Gasteiger partial charge < -0.3 is 14.8 Å². The molecule has 0 saturated carbocycles. The third kappa shape index (κ3) is 3.18. The number of benzene rings is 1. The number of ether oxygens (including phenoxy) is 2. The number of hydrogen-bond acceptors (Lipinski definition) is 7. The fraction of sp³-hybridized carbons (Fsp3) is 0.222. The fourth-order valence-electron chi connectivity index (χ4n) is 3.04. The van der Waals surface area contributed by atoms with Gasteiger partial charge in [-0.1, -0.05) is 6.07 Å². The third-order valence-corrected chi connectivity index (χ3v) is 5.20. The summed E-state index contributed by atoms with van der Waals surface area (Å²) in [5.41, 5.74) is 0.529. The molecule has 10 heteroatoms. The number of anilines is 2. The normalized spacial score (nSPS) is 15.5. The largest absolute Gasteiger partial charge is 0.493 e. The quantitative estimate of drug-likeness (QED) is 0.683. The van der Waals surface area contributed by atoms with Gasteiger partial charge in [0.15, 0.2) is 17.3 Å². The highest BCUT2D eigenvalue weighted by molar-refractivity contribution is 7.13. The predicted octanol–water partition coefficient (Wildman–Crippen LogP) is 2.55. The highest BCUT2D eigenvalue weighted by Gasteiger charge is 2.34. The zero-order chi connectivity index (χ0) is 19.7. The van der Waals surface area contributed by atoms with Crippen LogP contribution in [0.5, 0.6) is 11.5 Å². The molecule has 3 aromatic rings. The van der Waals surface area contributed by atoms with E-state index in [2.05, 4.69) is 20.8 Å². The minimum atomic E-state index is -0.774. The highest BCUT2D eigenvalue weighted by atomic mass is 32.1. The molecule has 1 aliphatic heterocycles. The molecule has 1 atom stereocenters. The van der Waals surface area contributed by atoms with Gasteiger partial charge in [-0.05, 0) is 23.6 Å². The van der Waals surface area contributed by atoms with Crippen molar-refractivity contribution in [3.63, 3.8) is 0 Å². The molecule has 2 amide bonds. The molecule has 0 bridgehead atoms. The van der Waals surface area contributed by atoms with Crippen LogP contribution in [0.15, 0.2) is 35.7 Å². The number of aromatic nitrogens is 3. The number of rotatable bonds is 5. The Morgan fingerprint density at radius 3 is 2.79 bits per heavy atom. The summed E-state index contributed by atoms with van der Waals surface area (Å²) < 4.78 is 12.1. The molecule has 9 nitrogen and oxygen atoms in total. The molecule has 0 spiro atoms. The molecule has 1 aromatic carbocycles. The summed E-state index contributed by atoms with van der Waals surface area (Å²) in [4.78, 5) is 25.9. The van der Waals surface area contributed by atoms with E-state index in [0.29, 0.717) is 23.0 Å². The summed E-state index contributed by atoms with van der Waals surface area (Å²) >= 11 is 1.48. The van der Waals surface area contributed by atoms with Gasteiger partial charge in [0.2, 0.25) is 17.8 Å². The van der Waals surface area contributed by atoms with Gasteiger partial charge in [-0.2, -0.15) is 0 Å². The number of methoxy groups -OCH3 is 2. The van der Waals surface area contributed by atoms with Crippen LogP contribution in [-0.2, 0) is 9.59 Å². The Bertz CT molecular complexity index is 1030. The number of fused-ring (bicyclic) bond motifs is 1. The van der Waals surface area contributed by atoms with Crippen molar-refractivity contribution in [2.45, 2.75) is 12.5 Å². The Morgan fingerprint density at radius 1 is 1.25 bits per heavy atom. The topological polar surface area (TPSA) is 107 Å². The van der Waals surface area contributed by atoms with E-state index in [1.54, 1.807) is 22.8 Å². The number of hydrogen-bond donors (Lipinski definition) is 2. The first-order valence-electron chi connectivity index (χ1n) is 8.42. The van der Waals surface area contributed by atoms with Gasteiger partial charge in [0, 0.05) is 11.8 Å². The molecule has 28 heavy (non-hydrogen) atoms. The number of carbonyl (C=O) groups excluding carboxylic acids is 2. The highest BCUT2D eigenvalue weighted by Crippen LogP contribution is 2.34. The Hall–Kier alpha value is -3.40. The monoisotopic (exact) mass is 399 g/mol. The van der Waals surface area contributed by atoms with Crippen molar-refractivity contribution < 1.29 is 19.1 Å². The van der Waals surface area contributed by atoms with Crippen LogP contribution in [0.1, 0.15) is 12.5 Å². The van der Waals surface area contributed by atoms with Crippen molar-refractivity contribution in [2.24, 2.45) is 0 Å². The average Bonchev–Trinajstić information content (AvgIpc) is 3.36. The van der Waals surface area contributed by atoms with E-state index >= 15 is 0 Å². The van der Waals surface area contributed by atoms with Gasteiger partial charge in [0.25, 0.3) is 0 Å². The first kappa shape index (κ1) is 18.0. The summed E-state index contributed by atoms with van der Waals surface area (Å²) in [5, 5.41) is 15.6. The number of amides is 2. The Balaban J connectivity index is 1.66. The molecule has 0 fully saturated rings. The zero-order valence-corrected chi connectivity index (χ0v) is 15.9. The van der Waals surface area contributed by atoms with Crippen molar-refractivity contribution in [3.8, 4) is 22.2 Å². The van der Waals surface area contributed by atoms with Gasteiger partial charge in [0.1, 0.15) is 6.04 Å². The molecule has 0 aliphatic carbocycles. The van der Waals surface area contributed by atoms with Gasteiger partial charge >= 0.3 is 0 Å². The fourth-order valence-corrected chi connectivity index (χ4v) is 3.74. The SMILES string of the molecule is COc1ccc(NC(=O)[C@H]2CC(=O)Nc3nnc(-c4cccs4)n32)cc1OC. The molecule has 4 rings (SSSR count). The average molecular weight is 399 g/mol. The molecular weight excluding hydrogens is 382 g/mol. The van der Waals surface area contributed by atoms with Crippen LogP contribution in [0.2, 0.25) is 0 Å². The molecule has 0 radical (unpaired) electrons. The van der Waals surface area contributed by atoms with E-state index < -0.39 is 6.04 Å². The van der Waals surface area contributed by atoms with Crippen LogP contribution in [0.3, 0.4) is 0 Å². The maximum absolute atomic E-state index is 13.0. The van der Waals surface area contributed by atoms with Gasteiger partial charge in [-0.25, -0.2) is 0 Å². The van der Waals surface area contributed by atoms with E-state index in [0.717, 1.165) is 4.88 Å². The lowest BCUT2D eigenvalue weighted by Crippen LogP contribution is -2.35. The van der Waals surface area contributed by atoms with Crippen molar-refractivity contribution in [1.82, 2.24) is 14.8 Å². The second-order valence-corrected chi connectivity index (χ2v) is 6.97. The number of nitrogens with one attached hydrogen (secondary N) is 2. The van der Waals surface area contributed by atoms with Crippen molar-refractivity contribution in [3.05, 3.63) is 35.7 Å². The van der Waals surface area contributed by atoms with Crippen LogP contribution in [0.4, 0.5) is 11.6 Å². The van der Waals surface area contributed by atoms with E-state index in [1.807, 2.05) is 17.5 Å². The van der Waals surface area contributed by atoms with Gasteiger partial charge in [0.05, 0.1) is 25.5 Å². The molecule has 3 heterocycles. The lowest BCUT2D eigenvalue weighted by Gasteiger charge is -2.25. The third-order valence-electron chi connectivity index (χ3n) is 4.33. The van der Waals surface area contributed by atoms with Crippen molar-refractivity contribution in [1.29, 1.82) is 0 Å². The summed E-state index contributed by atoms with van der Waals surface area (Å²) in [6.07, 6.45) is -0.0114. The minimum Gasteiger partial charge on any atom is -0.493 e. The summed E-state index contributed by atoms with van der Waals surface area (Å²) in [5.74, 6) is 1.21. The molecule has 0 saturated heterocycles. The van der Waals surface area contributed by atoms with E-state index in [4.69, 9.17) is 9.47 Å². The van der Waals surface area contributed by atoms with Crippen LogP contribution < -0.4 is 20.1 Å². The maximum Gasteiger partial charge on any atom is 0.248 e. The Morgan fingerprint density at radius 2 is 2.07 bits per heavy atom. The smallest absolute Gasteiger partial charge is 0.248 e. The Kier molecular flexibility index (Phi) is 4.70. The van der Waals surface area contributed by atoms with Gasteiger partial charge in [-0.15, -0.1) is 21.5 Å². The Labute approximate surface area is 164 Å². The van der Waals surface area contributed by atoms with Crippen LogP contribution in [0.25, 0.3) is 10.7 Å². The number of thiophene rings is 1. The molecule has 2 aromatic heterocycles. The summed E-state index contributed by atoms with van der Waals surface area (Å²) in [6, 6.07) is 8.07. The maximum atomic E-state index is 13.0. The summed E-state index contributed by atoms with van der Waals surface area (Å²) in [6.45, 7) is 0. The van der Waals surface area contributed by atoms with E-state index in [1.165, 1.54) is 25.6 Å². The van der Waals surface area contributed by atoms with Crippen LogP contribution >= 0.6 is 11.3 Å². The van der Waals surface area contributed by atoms with Crippen LogP contribution in [-0.4, -0.2) is 40.8 Å². The second-order valence-electron chi connectivity index (χ2n) is 6.02.